The fraction of sp³-hybridized carbons (Fsp3) is 1.00. The number of ether oxygens (including phenoxy) is 1. The van der Waals surface area contributed by atoms with E-state index in [-0.39, 0.29) is 22.7 Å². The smallest absolute Gasteiger partial charge is 0.317 e. The van der Waals surface area contributed by atoms with Crippen molar-refractivity contribution in [3.05, 3.63) is 0 Å². The number of hydrogen-bond acceptors (Lipinski definition) is 6. The molecule has 50 heavy (non-hydrogen) atoms. The monoisotopic (exact) mass is 724 g/mol. The van der Waals surface area contributed by atoms with E-state index in [9.17, 15) is 17.6 Å². The molecular weight excluding hydrogens is 642 g/mol. The highest BCUT2D eigenvalue weighted by Crippen LogP contribution is 2.31. The maximum atomic E-state index is 12.9. The Labute approximate surface area is 307 Å². The number of hydrogen-bond donors (Lipinski definition) is 0. The highest BCUT2D eigenvalue weighted by molar-refractivity contribution is 4.97. The maximum Gasteiger partial charge on any atom is 0.345 e. The van der Waals surface area contributed by atoms with Crippen LogP contribution in [0.1, 0.15) is 131 Å². The largest absolute Gasteiger partial charge is 0.345 e. The molecule has 0 aromatic rings. The Bertz CT molecular complexity index is 917. The Balaban J connectivity index is 0.000000314. The molecule has 0 spiro atoms. The van der Waals surface area contributed by atoms with Crippen LogP contribution in [-0.2, 0) is 4.74 Å². The van der Waals surface area contributed by atoms with Crippen LogP contribution in [0.15, 0.2) is 0 Å². The van der Waals surface area contributed by atoms with E-state index in [2.05, 4.69) is 147 Å². The first-order chi connectivity index (χ1) is 22.2. The van der Waals surface area contributed by atoms with Gasteiger partial charge >= 0.3 is 6.61 Å². The van der Waals surface area contributed by atoms with Crippen LogP contribution < -0.4 is 0 Å². The van der Waals surface area contributed by atoms with E-state index in [4.69, 9.17) is 0 Å². The van der Waals surface area contributed by atoms with Crippen LogP contribution in [-0.4, -0.2) is 142 Å². The quantitative estimate of drug-likeness (QED) is 0.270. The summed E-state index contributed by atoms with van der Waals surface area (Å²) in [5.41, 5.74) is 0.279. The molecule has 5 aliphatic rings. The van der Waals surface area contributed by atoms with Gasteiger partial charge in [0.25, 0.3) is 0 Å². The molecule has 0 amide bonds. The van der Waals surface area contributed by atoms with E-state index in [1.54, 1.807) is 6.92 Å². The highest BCUT2D eigenvalue weighted by atomic mass is 19.3. The molecule has 6 nitrogen and oxygen atoms in total. The van der Waals surface area contributed by atoms with Crippen LogP contribution in [0, 0.1) is 11.8 Å². The van der Waals surface area contributed by atoms with Crippen molar-refractivity contribution in [2.45, 2.75) is 183 Å². The molecule has 0 unspecified atom stereocenters. The second-order valence-electron chi connectivity index (χ2n) is 20.7. The van der Waals surface area contributed by atoms with Crippen molar-refractivity contribution in [1.82, 2.24) is 24.5 Å². The van der Waals surface area contributed by atoms with Gasteiger partial charge in [-0.2, -0.15) is 8.78 Å². The first-order valence-corrected chi connectivity index (χ1v) is 19.3. The predicted octanol–water partition coefficient (Wildman–Crippen LogP) is 8.84. The Morgan fingerprint density at radius 2 is 0.900 bits per heavy atom. The average Bonchev–Trinajstić information content (AvgIpc) is 2.78. The molecule has 5 heterocycles. The Morgan fingerprint density at radius 1 is 0.580 bits per heavy atom. The molecule has 0 N–H and O–H groups in total. The van der Waals surface area contributed by atoms with Crippen molar-refractivity contribution in [2.24, 2.45) is 11.8 Å². The van der Waals surface area contributed by atoms with Gasteiger partial charge in [0, 0.05) is 93.1 Å². The zero-order valence-electron chi connectivity index (χ0n) is 35.8. The molecule has 10 heteroatoms. The summed E-state index contributed by atoms with van der Waals surface area (Å²) < 4.78 is 52.9. The summed E-state index contributed by atoms with van der Waals surface area (Å²) in [6.07, 6.45) is 0.514. The lowest BCUT2D eigenvalue weighted by atomic mass is 9.91. The minimum absolute atomic E-state index is 0.0714. The molecule has 5 rings (SSSR count). The van der Waals surface area contributed by atoms with Gasteiger partial charge < -0.3 is 4.74 Å². The summed E-state index contributed by atoms with van der Waals surface area (Å²) in [7, 11) is 0. The fourth-order valence-electron chi connectivity index (χ4n) is 6.04. The standard InChI is InChI=1S/C9H19N.C8H15F2NO.C8H16FN.C8H17N.C7H14FN/c1-5-8-6-10(7-8)9(2,3)4;1-8(2,3)11-4-6(5-11)12-7(9)10;1-7(2,3)10-5-8(4,9)6-10;1-7-5-9(6-7)8(2,3)4;1-7(2,3)9-4-6(8)5-9/h8H,5-7H2,1-4H3;6-7H,4-5H2,1-3H3;5-6H2,1-4H3;7H,5-6H2,1-4H3;6H,4-5H2,1-3H3. The van der Waals surface area contributed by atoms with Crippen molar-refractivity contribution in [3.63, 3.8) is 0 Å². The summed E-state index contributed by atoms with van der Waals surface area (Å²) in [6.45, 7) is 45.1. The fourth-order valence-corrected chi connectivity index (χ4v) is 6.04. The van der Waals surface area contributed by atoms with Crippen LogP contribution in [0.4, 0.5) is 17.6 Å². The van der Waals surface area contributed by atoms with Gasteiger partial charge in [0.15, 0.2) is 0 Å². The first-order valence-electron chi connectivity index (χ1n) is 19.3. The number of alkyl halides is 4. The molecular formula is C40H81F4N5O. The molecule has 0 bridgehead atoms. The lowest BCUT2D eigenvalue weighted by Gasteiger charge is -2.49. The van der Waals surface area contributed by atoms with Crippen LogP contribution >= 0.6 is 0 Å². The topological polar surface area (TPSA) is 25.4 Å². The molecule has 0 radical (unpaired) electrons. The molecule has 0 aromatic carbocycles. The first kappa shape index (κ1) is 47.5. The molecule has 0 aromatic heterocycles. The summed E-state index contributed by atoms with van der Waals surface area (Å²) in [4.78, 5) is 11.4. The normalized spacial score (nSPS) is 23.6. The van der Waals surface area contributed by atoms with E-state index < -0.39 is 18.5 Å². The summed E-state index contributed by atoms with van der Waals surface area (Å²) >= 11 is 0. The van der Waals surface area contributed by atoms with Gasteiger partial charge in [-0.05, 0) is 123 Å². The number of likely N-dealkylation sites (tertiary alicyclic amines) is 5. The van der Waals surface area contributed by atoms with Gasteiger partial charge in [0.2, 0.25) is 0 Å². The molecule has 300 valence electrons. The number of rotatable bonds is 3. The number of nitrogens with zero attached hydrogens (tertiary/aromatic N) is 5. The van der Waals surface area contributed by atoms with E-state index in [0.29, 0.717) is 50.3 Å². The van der Waals surface area contributed by atoms with Gasteiger partial charge in [-0.15, -0.1) is 0 Å². The average molecular weight is 724 g/mol. The Morgan fingerprint density at radius 3 is 1.10 bits per heavy atom. The minimum atomic E-state index is -2.63. The predicted molar refractivity (Wildman–Crippen MR) is 205 cm³/mol. The number of halogens is 4. The highest BCUT2D eigenvalue weighted by Gasteiger charge is 2.43. The third-order valence-corrected chi connectivity index (χ3v) is 10.4. The molecule has 0 atom stereocenters. The Kier molecular flexibility index (Phi) is 17.3. The van der Waals surface area contributed by atoms with Gasteiger partial charge in [-0.1, -0.05) is 20.3 Å². The van der Waals surface area contributed by atoms with Gasteiger partial charge in [0.05, 0.1) is 6.10 Å². The van der Waals surface area contributed by atoms with Gasteiger partial charge in [0.1, 0.15) is 11.8 Å². The summed E-state index contributed by atoms with van der Waals surface area (Å²) in [6, 6.07) is 0. The molecule has 5 fully saturated rings. The zero-order chi connectivity index (χ0) is 39.3. The van der Waals surface area contributed by atoms with E-state index in [1.807, 2.05) is 0 Å². The molecule has 5 aliphatic heterocycles. The van der Waals surface area contributed by atoms with Gasteiger partial charge in [-0.25, -0.2) is 8.78 Å². The van der Waals surface area contributed by atoms with E-state index >= 15 is 0 Å². The van der Waals surface area contributed by atoms with Crippen LogP contribution in [0.25, 0.3) is 0 Å². The lowest BCUT2D eigenvalue weighted by Crippen LogP contribution is -2.63. The maximum absolute atomic E-state index is 12.9. The molecule has 0 aliphatic carbocycles. The minimum Gasteiger partial charge on any atom is -0.317 e. The van der Waals surface area contributed by atoms with Crippen LogP contribution in [0.3, 0.4) is 0 Å². The van der Waals surface area contributed by atoms with E-state index in [1.165, 1.54) is 32.6 Å². The Hall–Kier alpha value is -0.520. The van der Waals surface area contributed by atoms with Crippen LogP contribution in [0.5, 0.6) is 0 Å². The SMILES string of the molecule is CC(C)(C)N1CC(F)C1.CC(C)(C)N1CC(OC(F)F)C1.CC1(F)CN(C(C)(C)C)C1.CC1CN(C(C)(C)C)C1.CCC1CN(C(C)(C)C)C1. The van der Waals surface area contributed by atoms with Crippen molar-refractivity contribution < 1.29 is 22.3 Å². The van der Waals surface area contributed by atoms with E-state index in [0.717, 1.165) is 11.8 Å². The van der Waals surface area contributed by atoms with Crippen molar-refractivity contribution in [2.75, 3.05) is 65.4 Å². The second-order valence-corrected chi connectivity index (χ2v) is 20.7. The summed E-state index contributed by atoms with van der Waals surface area (Å²) in [5, 5.41) is 0. The third-order valence-electron chi connectivity index (χ3n) is 10.4. The van der Waals surface area contributed by atoms with Crippen molar-refractivity contribution >= 4 is 0 Å². The third kappa shape index (κ3) is 17.1. The van der Waals surface area contributed by atoms with Crippen LogP contribution in [0.2, 0.25) is 0 Å². The van der Waals surface area contributed by atoms with Gasteiger partial charge in [-0.3, -0.25) is 24.5 Å². The lowest BCUT2D eigenvalue weighted by molar-refractivity contribution is -0.205. The molecule has 5 saturated heterocycles. The second kappa shape index (κ2) is 18.2. The molecule has 0 saturated carbocycles. The zero-order valence-corrected chi connectivity index (χ0v) is 35.8. The summed E-state index contributed by atoms with van der Waals surface area (Å²) in [5.74, 6) is 1.92. The van der Waals surface area contributed by atoms with Crippen molar-refractivity contribution in [1.29, 1.82) is 0 Å². The van der Waals surface area contributed by atoms with Crippen molar-refractivity contribution in [3.8, 4) is 0 Å².